The van der Waals surface area contributed by atoms with Gasteiger partial charge in [0.2, 0.25) is 0 Å². The van der Waals surface area contributed by atoms with E-state index in [1.54, 1.807) is 6.08 Å². The molecule has 4 aromatic rings. The Morgan fingerprint density at radius 1 is 1.06 bits per heavy atom. The van der Waals surface area contributed by atoms with Crippen LogP contribution in [0.2, 0.25) is 5.02 Å². The number of aliphatic carboxylic acids is 1. The fourth-order valence-electron chi connectivity index (χ4n) is 4.36. The SMILES string of the molecule is Cc1cc(Cl)ccc1C(=C(c1ccc(/C=C/C(=O)O)cc1)c1ccc2[nH]ncc2c1)C1CC1. The van der Waals surface area contributed by atoms with Gasteiger partial charge in [0.25, 0.3) is 0 Å². The largest absolute Gasteiger partial charge is 0.478 e. The number of hydrogen-bond donors (Lipinski definition) is 2. The summed E-state index contributed by atoms with van der Waals surface area (Å²) in [6.07, 6.45) is 6.94. The minimum absolute atomic E-state index is 0.492. The van der Waals surface area contributed by atoms with Gasteiger partial charge in [-0.1, -0.05) is 48.0 Å². The number of aryl methyl sites for hydroxylation is 1. The van der Waals surface area contributed by atoms with Gasteiger partial charge in [-0.05, 0) is 95.0 Å². The lowest BCUT2D eigenvalue weighted by Gasteiger charge is -2.19. The summed E-state index contributed by atoms with van der Waals surface area (Å²) in [5.74, 6) is -0.464. The number of carboxylic acids is 1. The molecule has 0 bridgehead atoms. The van der Waals surface area contributed by atoms with Gasteiger partial charge >= 0.3 is 5.97 Å². The molecule has 0 radical (unpaired) electrons. The average molecular weight is 455 g/mol. The van der Waals surface area contributed by atoms with Crippen LogP contribution in [0.4, 0.5) is 0 Å². The molecule has 33 heavy (non-hydrogen) atoms. The first kappa shape index (κ1) is 21.2. The van der Waals surface area contributed by atoms with Crippen LogP contribution in [-0.2, 0) is 4.79 Å². The molecule has 4 nitrogen and oxygen atoms in total. The summed E-state index contributed by atoms with van der Waals surface area (Å²) < 4.78 is 0. The molecule has 5 heteroatoms. The van der Waals surface area contributed by atoms with Crippen LogP contribution in [0.25, 0.3) is 28.1 Å². The van der Waals surface area contributed by atoms with Crippen molar-refractivity contribution in [3.05, 3.63) is 106 Å². The Hall–Kier alpha value is -3.63. The summed E-state index contributed by atoms with van der Waals surface area (Å²) in [5.41, 5.74) is 8.99. The third-order valence-electron chi connectivity index (χ3n) is 6.08. The number of carboxylic acid groups (broad SMARTS) is 1. The van der Waals surface area contributed by atoms with Gasteiger partial charge in [-0.25, -0.2) is 4.79 Å². The molecule has 0 saturated heterocycles. The molecular formula is C28H23ClN2O2. The van der Waals surface area contributed by atoms with Crippen LogP contribution in [0.1, 0.15) is 40.7 Å². The van der Waals surface area contributed by atoms with Gasteiger partial charge in [-0.15, -0.1) is 0 Å². The minimum atomic E-state index is -0.956. The number of nitrogens with one attached hydrogen (secondary N) is 1. The quantitative estimate of drug-likeness (QED) is 0.243. The Bertz CT molecular complexity index is 1410. The second kappa shape index (κ2) is 8.72. The van der Waals surface area contributed by atoms with Crippen LogP contribution < -0.4 is 0 Å². The Morgan fingerprint density at radius 3 is 2.52 bits per heavy atom. The molecule has 0 atom stereocenters. The monoisotopic (exact) mass is 454 g/mol. The number of halogens is 1. The van der Waals surface area contributed by atoms with Gasteiger partial charge in [0.1, 0.15) is 0 Å². The van der Waals surface area contributed by atoms with E-state index in [9.17, 15) is 4.79 Å². The Kier molecular flexibility index (Phi) is 5.61. The van der Waals surface area contributed by atoms with E-state index < -0.39 is 5.97 Å². The highest BCUT2D eigenvalue weighted by molar-refractivity contribution is 6.30. The number of aromatic nitrogens is 2. The van der Waals surface area contributed by atoms with Crippen LogP contribution >= 0.6 is 11.6 Å². The first-order valence-electron chi connectivity index (χ1n) is 11.0. The van der Waals surface area contributed by atoms with Gasteiger partial charge in [-0.3, -0.25) is 5.10 Å². The summed E-state index contributed by atoms with van der Waals surface area (Å²) in [4.78, 5) is 10.9. The normalized spacial score (nSPS) is 14.6. The molecule has 3 aromatic carbocycles. The number of H-pyrrole nitrogens is 1. The van der Waals surface area contributed by atoms with E-state index in [2.05, 4.69) is 53.5 Å². The van der Waals surface area contributed by atoms with E-state index >= 15 is 0 Å². The van der Waals surface area contributed by atoms with Crippen LogP contribution in [0.5, 0.6) is 0 Å². The lowest BCUT2D eigenvalue weighted by molar-refractivity contribution is -0.131. The van der Waals surface area contributed by atoms with E-state index in [1.165, 1.54) is 16.7 Å². The molecule has 0 aliphatic heterocycles. The van der Waals surface area contributed by atoms with Crippen molar-refractivity contribution in [1.82, 2.24) is 10.2 Å². The highest BCUT2D eigenvalue weighted by Crippen LogP contribution is 2.48. The first-order valence-corrected chi connectivity index (χ1v) is 11.3. The van der Waals surface area contributed by atoms with Crippen molar-refractivity contribution in [3.8, 4) is 0 Å². The molecular weight excluding hydrogens is 432 g/mol. The summed E-state index contributed by atoms with van der Waals surface area (Å²) in [6.45, 7) is 2.11. The van der Waals surface area contributed by atoms with Crippen LogP contribution in [0, 0.1) is 12.8 Å². The van der Waals surface area contributed by atoms with Crippen molar-refractivity contribution >= 4 is 45.7 Å². The molecule has 0 amide bonds. The number of rotatable bonds is 6. The highest BCUT2D eigenvalue weighted by Gasteiger charge is 2.31. The van der Waals surface area contributed by atoms with Crippen molar-refractivity contribution in [2.24, 2.45) is 5.92 Å². The summed E-state index contributed by atoms with van der Waals surface area (Å²) in [7, 11) is 0. The molecule has 164 valence electrons. The topological polar surface area (TPSA) is 66.0 Å². The number of fused-ring (bicyclic) bond motifs is 1. The summed E-state index contributed by atoms with van der Waals surface area (Å²) in [5, 5.41) is 18.0. The van der Waals surface area contributed by atoms with Crippen molar-refractivity contribution in [1.29, 1.82) is 0 Å². The molecule has 1 aromatic heterocycles. The average Bonchev–Trinajstić information content (AvgIpc) is 3.53. The van der Waals surface area contributed by atoms with Crippen LogP contribution in [0.3, 0.4) is 0 Å². The van der Waals surface area contributed by atoms with Gasteiger partial charge in [0.05, 0.1) is 11.7 Å². The van der Waals surface area contributed by atoms with Crippen LogP contribution in [0.15, 0.2) is 72.9 Å². The first-order chi connectivity index (χ1) is 16.0. The Balaban J connectivity index is 1.73. The van der Waals surface area contributed by atoms with Gasteiger partial charge in [-0.2, -0.15) is 5.10 Å². The van der Waals surface area contributed by atoms with Gasteiger partial charge < -0.3 is 5.11 Å². The lowest BCUT2D eigenvalue weighted by atomic mass is 9.85. The lowest BCUT2D eigenvalue weighted by Crippen LogP contribution is -1.99. The van der Waals surface area contributed by atoms with Gasteiger partial charge in [0.15, 0.2) is 0 Å². The molecule has 0 spiro atoms. The predicted octanol–water partition coefficient (Wildman–Crippen LogP) is 6.99. The van der Waals surface area contributed by atoms with Gasteiger partial charge in [0, 0.05) is 16.5 Å². The maximum Gasteiger partial charge on any atom is 0.328 e. The standard InChI is InChI=1S/C28H23ClN2O2/c1-17-14-23(29)10-11-24(17)28(20-7-8-20)27(21-9-12-25-22(15-21)16-30-31-25)19-5-2-18(3-6-19)4-13-26(32)33/h2-6,9-16,20H,7-8H2,1H3,(H,30,31)(H,32,33)/b13-4+,28-27?. The molecule has 1 saturated carbocycles. The van der Waals surface area contributed by atoms with Crippen molar-refractivity contribution < 1.29 is 9.90 Å². The second-order valence-corrected chi connectivity index (χ2v) is 8.92. The van der Waals surface area contributed by atoms with E-state index in [4.69, 9.17) is 16.7 Å². The molecule has 1 fully saturated rings. The Morgan fingerprint density at radius 2 is 1.82 bits per heavy atom. The zero-order chi connectivity index (χ0) is 22.9. The second-order valence-electron chi connectivity index (χ2n) is 8.49. The fourth-order valence-corrected chi connectivity index (χ4v) is 4.59. The zero-order valence-electron chi connectivity index (χ0n) is 18.2. The molecule has 5 rings (SSSR count). The van der Waals surface area contributed by atoms with E-state index in [0.29, 0.717) is 5.92 Å². The third-order valence-corrected chi connectivity index (χ3v) is 6.32. The maximum absolute atomic E-state index is 10.9. The zero-order valence-corrected chi connectivity index (χ0v) is 18.9. The molecule has 2 N–H and O–H groups in total. The maximum atomic E-state index is 10.9. The van der Waals surface area contributed by atoms with E-state index in [1.807, 2.05) is 30.5 Å². The van der Waals surface area contributed by atoms with E-state index in [0.717, 1.165) is 57.1 Å². The van der Waals surface area contributed by atoms with E-state index in [-0.39, 0.29) is 0 Å². The number of allylic oxidation sites excluding steroid dienone is 1. The molecule has 1 aliphatic rings. The Labute approximate surface area is 197 Å². The van der Waals surface area contributed by atoms with Crippen molar-refractivity contribution in [2.75, 3.05) is 0 Å². The fraction of sp³-hybridized carbons (Fsp3) is 0.143. The minimum Gasteiger partial charge on any atom is -0.478 e. The molecule has 1 heterocycles. The summed E-state index contributed by atoms with van der Waals surface area (Å²) >= 11 is 6.28. The van der Waals surface area contributed by atoms with Crippen molar-refractivity contribution in [3.63, 3.8) is 0 Å². The smallest absolute Gasteiger partial charge is 0.328 e. The highest BCUT2D eigenvalue weighted by atomic mass is 35.5. The van der Waals surface area contributed by atoms with Crippen molar-refractivity contribution in [2.45, 2.75) is 19.8 Å². The molecule has 1 aliphatic carbocycles. The predicted molar refractivity (Wildman–Crippen MR) is 134 cm³/mol. The molecule has 0 unspecified atom stereocenters. The number of aromatic amines is 1. The number of hydrogen-bond acceptors (Lipinski definition) is 2. The number of carbonyl (C=O) groups is 1. The number of benzene rings is 3. The van der Waals surface area contributed by atoms with Crippen LogP contribution in [-0.4, -0.2) is 21.3 Å². The number of nitrogens with zero attached hydrogens (tertiary/aromatic N) is 1. The third kappa shape index (κ3) is 4.48. The summed E-state index contributed by atoms with van der Waals surface area (Å²) in [6, 6.07) is 20.6.